The lowest BCUT2D eigenvalue weighted by atomic mass is 9.79. The van der Waals surface area contributed by atoms with Gasteiger partial charge in [-0.25, -0.2) is 39.5 Å². The molecule has 0 saturated carbocycles. The van der Waals surface area contributed by atoms with Crippen molar-refractivity contribution in [3.63, 3.8) is 0 Å². The molecule has 586 valence electrons. The molecule has 1 N–H and O–H groups in total. The van der Waals surface area contributed by atoms with Crippen LogP contribution in [0.2, 0.25) is 85.7 Å². The summed E-state index contributed by atoms with van der Waals surface area (Å²) in [5, 5.41) is 0.992. The number of imidazole rings is 3. The smallest absolute Gasteiger partial charge is 0.338 e. The fourth-order valence-electron chi connectivity index (χ4n) is 12.3. The standard InChI is InChI=1S/C26H34Cl2N4O4Si.C23H36O6Si.C20H32Cl2N4O2Si.C5H2Cl2N4/c1-8-17-19(36-37(6,7)25(2,3)4)26(5,14-34-22(33)16-12-10-9-11-13-16)23(35-17)32-15-29-18-20(27)30-24(28)31-21(18)32;1-9-18-19(29-30(7,8)22(3,4)5)23(6,21(28-18)27-16(2)24)15-26-20(25)17-13-11-10-12-14-17;1-9-12-14(28-29(7,8)19(3,4)5)20(6,10-2)17(27-12)26-11-23-13-15(21)24-18(22)25-16(13)26;6-3-2-4(9-1-8-2)11-5(7)10-3/h9-13,15,17,19,23H,8,14H2,1-7H3;10-14,18-19,21H,9,15H2,1-8H3;11-12,14,17H,9-10H2,1-8H3;1H,(H,8,9,10,11)/t17-,19?,23-,26+;18-,19?,21?,23+;12-,14?,17+,20+;/m111./s1. The molecule has 107 heavy (non-hydrogen) atoms. The van der Waals surface area contributed by atoms with Gasteiger partial charge >= 0.3 is 17.9 Å². The van der Waals surface area contributed by atoms with Crippen LogP contribution in [0.3, 0.4) is 0 Å². The molecule has 0 amide bonds. The molecule has 3 saturated heterocycles. The molecule has 11 rings (SSSR count). The van der Waals surface area contributed by atoms with E-state index < -0.39 is 66.2 Å². The number of aromatic amines is 1. The number of carbonyl (C=O) groups excluding carboxylic acids is 3. The van der Waals surface area contributed by atoms with Crippen molar-refractivity contribution in [2.45, 2.75) is 253 Å². The third-order valence-electron chi connectivity index (χ3n) is 21.9. The van der Waals surface area contributed by atoms with E-state index in [1.807, 2.05) is 37.5 Å². The Hall–Kier alpha value is -5.35. The maximum atomic E-state index is 13.0. The van der Waals surface area contributed by atoms with E-state index in [0.717, 1.165) is 12.8 Å². The van der Waals surface area contributed by atoms with Crippen LogP contribution in [0.5, 0.6) is 0 Å². The van der Waals surface area contributed by atoms with Gasteiger partial charge in [0.05, 0.1) is 77.6 Å². The molecule has 4 unspecified atom stereocenters. The number of hydrogen-bond donors (Lipinski definition) is 1. The van der Waals surface area contributed by atoms with E-state index >= 15 is 0 Å². The lowest BCUT2D eigenvalue weighted by Crippen LogP contribution is -2.53. The first-order valence-corrected chi connectivity index (χ1v) is 47.0. The Morgan fingerprint density at radius 1 is 0.505 bits per heavy atom. The molecule has 2 aromatic carbocycles. The van der Waals surface area contributed by atoms with Gasteiger partial charge in [0.15, 0.2) is 57.4 Å². The maximum Gasteiger partial charge on any atom is 0.338 e. The van der Waals surface area contributed by atoms with Gasteiger partial charge in [-0.15, -0.1) is 0 Å². The van der Waals surface area contributed by atoms with Crippen molar-refractivity contribution in [1.29, 1.82) is 0 Å². The molecular formula is C74H104Cl6N12O12Si3. The summed E-state index contributed by atoms with van der Waals surface area (Å²) < 4.78 is 60.9. The van der Waals surface area contributed by atoms with Crippen LogP contribution in [0.4, 0.5) is 0 Å². The monoisotopic (exact) mass is 1650 g/mol. The van der Waals surface area contributed by atoms with E-state index in [4.69, 9.17) is 111 Å². The first kappa shape index (κ1) is 87.2. The van der Waals surface area contributed by atoms with Crippen LogP contribution in [0.25, 0.3) is 33.5 Å². The van der Waals surface area contributed by atoms with Gasteiger partial charge in [-0.1, -0.05) is 168 Å². The Morgan fingerprint density at radius 3 is 1.26 bits per heavy atom. The minimum absolute atomic E-state index is 0.00750. The minimum Gasteiger partial charge on any atom is -0.461 e. The van der Waals surface area contributed by atoms with Crippen molar-refractivity contribution >= 4 is 146 Å². The Morgan fingerprint density at radius 2 is 0.869 bits per heavy atom. The van der Waals surface area contributed by atoms with Crippen molar-refractivity contribution in [3.8, 4) is 0 Å². The number of nitrogens with one attached hydrogen (secondary N) is 1. The summed E-state index contributed by atoms with van der Waals surface area (Å²) in [5.41, 5.74) is 2.15. The van der Waals surface area contributed by atoms with Crippen molar-refractivity contribution < 1.29 is 56.1 Å². The molecule has 0 radical (unpaired) electrons. The molecule has 9 heterocycles. The fraction of sp³-hybridized carbons (Fsp3) is 0.595. The number of hydrogen-bond acceptors (Lipinski definition) is 21. The molecule has 3 fully saturated rings. The highest BCUT2D eigenvalue weighted by atomic mass is 35.5. The highest BCUT2D eigenvalue weighted by Crippen LogP contribution is 2.55. The molecule has 8 aromatic rings. The molecule has 6 aromatic heterocycles. The Bertz CT molecular complexity index is 4390. The van der Waals surface area contributed by atoms with Gasteiger partial charge in [0.2, 0.25) is 22.1 Å². The first-order chi connectivity index (χ1) is 49.7. The predicted octanol–water partition coefficient (Wildman–Crippen LogP) is 19.5. The number of ether oxygens (including phenoxy) is 6. The largest absolute Gasteiger partial charge is 0.461 e. The molecule has 0 spiro atoms. The van der Waals surface area contributed by atoms with Crippen LogP contribution >= 0.6 is 69.6 Å². The van der Waals surface area contributed by atoms with Gasteiger partial charge in [0.25, 0.3) is 0 Å². The highest BCUT2D eigenvalue weighted by Gasteiger charge is 2.61. The topological polar surface area (TPSA) is 276 Å². The average Bonchev–Trinajstić information content (AvgIpc) is 1.45. The maximum absolute atomic E-state index is 13.0. The van der Waals surface area contributed by atoms with Gasteiger partial charge in [0, 0.05) is 12.3 Å². The molecule has 12 atom stereocenters. The summed E-state index contributed by atoms with van der Waals surface area (Å²) >= 11 is 36.0. The lowest BCUT2D eigenvalue weighted by Gasteiger charge is -2.44. The van der Waals surface area contributed by atoms with Gasteiger partial charge < -0.3 is 46.7 Å². The van der Waals surface area contributed by atoms with Crippen LogP contribution in [-0.4, -0.2) is 158 Å². The van der Waals surface area contributed by atoms with Crippen LogP contribution in [0, 0.1) is 16.2 Å². The summed E-state index contributed by atoms with van der Waals surface area (Å²) in [6.45, 7) is 49.3. The third kappa shape index (κ3) is 19.2. The van der Waals surface area contributed by atoms with E-state index in [9.17, 15) is 14.4 Å². The first-order valence-electron chi connectivity index (χ1n) is 36.0. The van der Waals surface area contributed by atoms with Gasteiger partial charge in [-0.3, -0.25) is 13.9 Å². The molecule has 33 heteroatoms. The minimum atomic E-state index is -2.24. The number of halogens is 6. The van der Waals surface area contributed by atoms with Crippen LogP contribution in [0.15, 0.2) is 79.6 Å². The average molecular weight is 1650 g/mol. The van der Waals surface area contributed by atoms with Gasteiger partial charge in [-0.2, -0.15) is 15.0 Å². The summed E-state index contributed by atoms with van der Waals surface area (Å²) in [6.07, 6.45) is 5.00. The molecule has 0 aliphatic carbocycles. The SMILES string of the molecule is CC[C@H]1OC(OC(C)=O)[C@@](C)(COC(=O)c2ccccc2)C1O[Si](C)(C)C(C)(C)C.CC[C@H]1O[C@@H](n2cnc3c(Cl)nc(Cl)nc32)[C@@](C)(COC(=O)c2ccccc2)C1O[Si](C)(C)C(C)(C)C.CC[C@H]1O[C@H](n2cnc3c(Cl)nc(Cl)nc32)[C@@](C)(CC)C1O[Si](C)(C)C(C)(C)C.Clc1nc(Cl)c2[nH]cnc2n1. The van der Waals surface area contributed by atoms with Crippen molar-refractivity contribution in [1.82, 2.24) is 59.0 Å². The summed E-state index contributed by atoms with van der Waals surface area (Å²) in [4.78, 5) is 77.1. The van der Waals surface area contributed by atoms with E-state index in [0.29, 0.717) is 57.5 Å². The number of aromatic nitrogens is 12. The van der Waals surface area contributed by atoms with Crippen LogP contribution < -0.4 is 0 Å². The summed E-state index contributed by atoms with van der Waals surface area (Å²) in [7, 11) is -6.40. The van der Waals surface area contributed by atoms with Crippen molar-refractivity contribution in [2.75, 3.05) is 13.2 Å². The van der Waals surface area contributed by atoms with Gasteiger partial charge in [-0.05, 0) is 153 Å². The van der Waals surface area contributed by atoms with E-state index in [-0.39, 0.29) is 108 Å². The van der Waals surface area contributed by atoms with E-state index in [2.05, 4.69) is 179 Å². The molecule has 24 nitrogen and oxygen atoms in total. The van der Waals surface area contributed by atoms with Crippen LogP contribution in [0.1, 0.15) is 177 Å². The second kappa shape index (κ2) is 34.3. The number of nitrogens with zero attached hydrogens (tertiary/aromatic N) is 11. The quantitative estimate of drug-likeness (QED) is 0.0259. The number of rotatable bonds is 19. The number of esters is 3. The number of benzene rings is 2. The zero-order chi connectivity index (χ0) is 79.5. The van der Waals surface area contributed by atoms with E-state index in [1.165, 1.54) is 13.3 Å². The Kier molecular flexibility index (Phi) is 28.0. The zero-order valence-electron chi connectivity index (χ0n) is 65.5. The molecule has 0 bridgehead atoms. The Labute approximate surface area is 661 Å². The molecule has 3 aliphatic rings. The highest BCUT2D eigenvalue weighted by molar-refractivity contribution is 6.75. The summed E-state index contributed by atoms with van der Waals surface area (Å²) in [5.74, 6) is -1.27. The Balaban J connectivity index is 0.000000190. The van der Waals surface area contributed by atoms with E-state index in [1.54, 1.807) is 65.8 Å². The van der Waals surface area contributed by atoms with Crippen LogP contribution in [-0.2, 0) is 46.5 Å². The van der Waals surface area contributed by atoms with Gasteiger partial charge in [0.1, 0.15) is 42.2 Å². The number of H-pyrrole nitrogens is 1. The molecule has 3 aliphatic heterocycles. The van der Waals surface area contributed by atoms with Crippen molar-refractivity contribution in [2.24, 2.45) is 16.2 Å². The number of fused-ring (bicyclic) bond motifs is 3. The normalized spacial score (nSPS) is 24.9. The lowest BCUT2D eigenvalue weighted by molar-refractivity contribution is -0.193. The van der Waals surface area contributed by atoms with Crippen molar-refractivity contribution in [3.05, 3.63) is 122 Å². The predicted molar refractivity (Wildman–Crippen MR) is 426 cm³/mol. The second-order valence-corrected chi connectivity index (χ2v) is 49.0. The number of carbonyl (C=O) groups is 3. The second-order valence-electron chi connectivity index (χ2n) is 32.6. The fourth-order valence-corrected chi connectivity index (χ4v) is 17.7. The summed E-state index contributed by atoms with van der Waals surface area (Å²) in [6, 6.07) is 17.8. The zero-order valence-corrected chi connectivity index (χ0v) is 73.1. The third-order valence-corrected chi connectivity index (χ3v) is 36.6. The molecular weight excluding hydrogens is 1550 g/mol.